The van der Waals surface area contributed by atoms with E-state index in [9.17, 15) is 4.79 Å². The maximum atomic E-state index is 12.0. The fraction of sp³-hybridized carbons (Fsp3) is 0.462. The van der Waals surface area contributed by atoms with Crippen LogP contribution in [0.5, 0.6) is 0 Å². The normalized spacial score (nSPS) is 12.2. The first-order valence-corrected chi connectivity index (χ1v) is 6.87. The number of aryl methyl sites for hydroxylation is 1. The molecule has 1 rings (SSSR count). The Labute approximate surface area is 112 Å². The molecule has 1 aromatic rings. The van der Waals surface area contributed by atoms with Crippen LogP contribution in [0.25, 0.3) is 0 Å². The highest BCUT2D eigenvalue weighted by Gasteiger charge is 2.14. The van der Waals surface area contributed by atoms with E-state index in [1.807, 2.05) is 26.0 Å². The lowest BCUT2D eigenvalue weighted by molar-refractivity contribution is -0.115. The molecule has 100 valence electrons. The first-order chi connectivity index (χ1) is 8.54. The number of nitrogen functional groups attached to an aromatic ring is 1. The zero-order valence-corrected chi connectivity index (χ0v) is 11.8. The van der Waals surface area contributed by atoms with Crippen molar-refractivity contribution in [1.29, 1.82) is 0 Å². The van der Waals surface area contributed by atoms with Gasteiger partial charge < -0.3 is 15.8 Å². The van der Waals surface area contributed by atoms with Gasteiger partial charge in [-0.2, -0.15) is 0 Å². The van der Waals surface area contributed by atoms with Gasteiger partial charge in [0.25, 0.3) is 0 Å². The van der Waals surface area contributed by atoms with Crippen molar-refractivity contribution in [1.82, 2.24) is 0 Å². The molecule has 0 saturated carbocycles. The summed E-state index contributed by atoms with van der Waals surface area (Å²) in [6.45, 7) is 4.48. The third-order valence-electron chi connectivity index (χ3n) is 2.54. The summed E-state index contributed by atoms with van der Waals surface area (Å²) in [7, 11) is 1.65. The molecule has 0 aliphatic rings. The van der Waals surface area contributed by atoms with Crippen LogP contribution in [0.2, 0.25) is 0 Å². The molecule has 0 aliphatic carbocycles. The number of ether oxygens (including phenoxy) is 1. The molecule has 0 fully saturated rings. The Hall–Kier alpha value is -1.20. The Morgan fingerprint density at radius 2 is 2.28 bits per heavy atom. The second-order valence-corrected chi connectivity index (χ2v) is 5.52. The SMILES string of the molecule is COCCSC(C)C(=O)Nc1cc(N)ccc1C. The van der Waals surface area contributed by atoms with Crippen molar-refractivity contribution in [3.05, 3.63) is 23.8 Å². The summed E-state index contributed by atoms with van der Waals surface area (Å²) in [6.07, 6.45) is 0. The molecule has 3 N–H and O–H groups in total. The average molecular weight is 268 g/mol. The van der Waals surface area contributed by atoms with Gasteiger partial charge in [0, 0.05) is 24.2 Å². The number of benzene rings is 1. The summed E-state index contributed by atoms with van der Waals surface area (Å²) in [5.74, 6) is 0.797. The van der Waals surface area contributed by atoms with Crippen LogP contribution in [0.15, 0.2) is 18.2 Å². The van der Waals surface area contributed by atoms with Crippen molar-refractivity contribution in [3.63, 3.8) is 0 Å². The Kier molecular flexibility index (Phi) is 6.01. The van der Waals surface area contributed by atoms with Crippen molar-refractivity contribution in [2.45, 2.75) is 19.1 Å². The van der Waals surface area contributed by atoms with Crippen LogP contribution < -0.4 is 11.1 Å². The molecule has 0 bridgehead atoms. The van der Waals surface area contributed by atoms with Crippen LogP contribution in [0.4, 0.5) is 11.4 Å². The lowest BCUT2D eigenvalue weighted by Crippen LogP contribution is -2.23. The molecule has 0 saturated heterocycles. The van der Waals surface area contributed by atoms with E-state index in [0.717, 1.165) is 17.0 Å². The Balaban J connectivity index is 2.55. The van der Waals surface area contributed by atoms with Gasteiger partial charge in [0.2, 0.25) is 5.91 Å². The highest BCUT2D eigenvalue weighted by molar-refractivity contribution is 8.00. The lowest BCUT2D eigenvalue weighted by atomic mass is 10.2. The van der Waals surface area contributed by atoms with Gasteiger partial charge >= 0.3 is 0 Å². The van der Waals surface area contributed by atoms with E-state index in [0.29, 0.717) is 12.3 Å². The number of carbonyl (C=O) groups is 1. The summed E-state index contributed by atoms with van der Waals surface area (Å²) in [4.78, 5) is 12.0. The van der Waals surface area contributed by atoms with Gasteiger partial charge in [-0.3, -0.25) is 4.79 Å². The van der Waals surface area contributed by atoms with Gasteiger partial charge in [0.15, 0.2) is 0 Å². The number of hydrogen-bond acceptors (Lipinski definition) is 4. The van der Waals surface area contributed by atoms with E-state index >= 15 is 0 Å². The van der Waals surface area contributed by atoms with Crippen LogP contribution in [0, 0.1) is 6.92 Å². The predicted molar refractivity (Wildman–Crippen MR) is 78.0 cm³/mol. The maximum absolute atomic E-state index is 12.0. The molecule has 18 heavy (non-hydrogen) atoms. The van der Waals surface area contributed by atoms with Crippen molar-refractivity contribution >= 4 is 29.0 Å². The summed E-state index contributed by atoms with van der Waals surface area (Å²) >= 11 is 1.57. The quantitative estimate of drug-likeness (QED) is 0.613. The minimum Gasteiger partial charge on any atom is -0.399 e. The fourth-order valence-electron chi connectivity index (χ4n) is 1.39. The third-order valence-corrected chi connectivity index (χ3v) is 3.66. The number of rotatable bonds is 6. The molecule has 4 nitrogen and oxygen atoms in total. The summed E-state index contributed by atoms with van der Waals surface area (Å²) < 4.78 is 4.96. The lowest BCUT2D eigenvalue weighted by Gasteiger charge is -2.13. The zero-order chi connectivity index (χ0) is 13.5. The van der Waals surface area contributed by atoms with Gasteiger partial charge in [-0.25, -0.2) is 0 Å². The van der Waals surface area contributed by atoms with Gasteiger partial charge in [-0.15, -0.1) is 11.8 Å². The highest BCUT2D eigenvalue weighted by atomic mass is 32.2. The number of thioether (sulfide) groups is 1. The number of nitrogens with two attached hydrogens (primary N) is 1. The summed E-state index contributed by atoms with van der Waals surface area (Å²) in [6, 6.07) is 5.50. The Bertz CT molecular complexity index is 410. The van der Waals surface area contributed by atoms with Crippen molar-refractivity contribution < 1.29 is 9.53 Å². The number of methoxy groups -OCH3 is 1. The molecule has 1 atom stereocenters. The molecule has 0 radical (unpaired) electrons. The molecular weight excluding hydrogens is 248 g/mol. The molecule has 1 unspecified atom stereocenters. The minimum absolute atomic E-state index is 0.00944. The first-order valence-electron chi connectivity index (χ1n) is 5.82. The van der Waals surface area contributed by atoms with E-state index in [-0.39, 0.29) is 11.2 Å². The van der Waals surface area contributed by atoms with E-state index < -0.39 is 0 Å². The Morgan fingerprint density at radius 3 is 2.94 bits per heavy atom. The molecule has 0 spiro atoms. The summed E-state index contributed by atoms with van der Waals surface area (Å²) in [5.41, 5.74) is 8.14. The van der Waals surface area contributed by atoms with Gasteiger partial charge in [0.1, 0.15) is 0 Å². The largest absolute Gasteiger partial charge is 0.399 e. The Morgan fingerprint density at radius 1 is 1.56 bits per heavy atom. The number of hydrogen-bond donors (Lipinski definition) is 2. The van der Waals surface area contributed by atoms with Crippen molar-refractivity contribution in [3.8, 4) is 0 Å². The second kappa shape index (κ2) is 7.28. The summed E-state index contributed by atoms with van der Waals surface area (Å²) in [5, 5.41) is 2.79. The topological polar surface area (TPSA) is 64.3 Å². The number of anilines is 2. The molecule has 0 aliphatic heterocycles. The zero-order valence-electron chi connectivity index (χ0n) is 11.0. The maximum Gasteiger partial charge on any atom is 0.237 e. The average Bonchev–Trinajstić information content (AvgIpc) is 2.34. The van der Waals surface area contributed by atoms with Crippen LogP contribution in [0.1, 0.15) is 12.5 Å². The molecular formula is C13H20N2O2S. The van der Waals surface area contributed by atoms with Gasteiger partial charge in [0.05, 0.1) is 11.9 Å². The van der Waals surface area contributed by atoms with Crippen molar-refractivity contribution in [2.75, 3.05) is 30.5 Å². The predicted octanol–water partition coefficient (Wildman–Crippen LogP) is 2.28. The molecule has 0 heterocycles. The van der Waals surface area contributed by atoms with Crippen LogP contribution >= 0.6 is 11.8 Å². The molecule has 1 amide bonds. The second-order valence-electron chi connectivity index (χ2n) is 4.07. The van der Waals surface area contributed by atoms with Crippen LogP contribution in [-0.4, -0.2) is 30.6 Å². The first kappa shape index (κ1) is 14.9. The number of carbonyl (C=O) groups excluding carboxylic acids is 1. The minimum atomic E-state index is -0.110. The highest BCUT2D eigenvalue weighted by Crippen LogP contribution is 2.20. The van der Waals surface area contributed by atoms with E-state index in [1.165, 1.54) is 0 Å². The monoisotopic (exact) mass is 268 g/mol. The van der Waals surface area contributed by atoms with E-state index in [4.69, 9.17) is 10.5 Å². The van der Waals surface area contributed by atoms with Crippen LogP contribution in [0.3, 0.4) is 0 Å². The van der Waals surface area contributed by atoms with E-state index in [2.05, 4.69) is 5.32 Å². The van der Waals surface area contributed by atoms with Gasteiger partial charge in [-0.1, -0.05) is 6.07 Å². The van der Waals surface area contributed by atoms with Crippen molar-refractivity contribution in [2.24, 2.45) is 0 Å². The smallest absolute Gasteiger partial charge is 0.237 e. The fourth-order valence-corrected chi connectivity index (χ4v) is 2.22. The van der Waals surface area contributed by atoms with E-state index in [1.54, 1.807) is 24.9 Å². The van der Waals surface area contributed by atoms with Crippen LogP contribution in [-0.2, 0) is 9.53 Å². The molecule has 0 aromatic heterocycles. The third kappa shape index (κ3) is 4.58. The molecule has 5 heteroatoms. The van der Waals surface area contributed by atoms with Gasteiger partial charge in [-0.05, 0) is 31.5 Å². The standard InChI is InChI=1S/C13H20N2O2S/c1-9-4-5-11(14)8-12(9)15-13(16)10(2)18-7-6-17-3/h4-5,8,10H,6-7,14H2,1-3H3,(H,15,16). The number of amides is 1. The molecule has 1 aromatic carbocycles. The number of nitrogens with one attached hydrogen (secondary N) is 1.